The van der Waals surface area contributed by atoms with Crippen LogP contribution in [0.1, 0.15) is 79.0 Å². The quantitative estimate of drug-likeness (QED) is 0.403. The summed E-state index contributed by atoms with van der Waals surface area (Å²) in [6.45, 7) is 15.2. The molecule has 0 aliphatic carbocycles. The van der Waals surface area contributed by atoms with Gasteiger partial charge in [0.25, 0.3) is 0 Å². The Kier molecular flexibility index (Phi) is 9.31. The van der Waals surface area contributed by atoms with E-state index in [1.165, 1.54) is 17.4 Å². The molecule has 0 radical (unpaired) electrons. The summed E-state index contributed by atoms with van der Waals surface area (Å²) in [7, 11) is 0. The number of thiazole rings is 1. The van der Waals surface area contributed by atoms with Crippen LogP contribution in [0.15, 0.2) is 29.6 Å². The Morgan fingerprint density at radius 2 is 1.73 bits per heavy atom. The van der Waals surface area contributed by atoms with Crippen LogP contribution >= 0.6 is 11.3 Å². The number of benzene rings is 1. The summed E-state index contributed by atoms with van der Waals surface area (Å²) in [5, 5.41) is 7.94. The molecule has 242 valence electrons. The van der Waals surface area contributed by atoms with Crippen molar-refractivity contribution in [3.8, 4) is 10.6 Å². The molecule has 0 spiro atoms. The Labute approximate surface area is 260 Å². The molecular formula is C31H42F3N5O4S. The van der Waals surface area contributed by atoms with E-state index in [9.17, 15) is 27.6 Å². The molecule has 0 bridgehead atoms. The number of nitrogens with one attached hydrogen (secondary N) is 2. The molecule has 4 amide bonds. The van der Waals surface area contributed by atoms with Gasteiger partial charge in [0, 0.05) is 36.0 Å². The molecule has 1 aromatic carbocycles. The van der Waals surface area contributed by atoms with E-state index in [0.29, 0.717) is 29.2 Å². The molecule has 1 aromatic heterocycles. The van der Waals surface area contributed by atoms with Gasteiger partial charge in [0.2, 0.25) is 5.91 Å². The number of amides is 4. The topological polar surface area (TPSA) is 104 Å². The lowest BCUT2D eigenvalue weighted by molar-refractivity contribution is -0.138. The Balaban J connectivity index is 1.68. The number of carbonyl (C=O) groups is 3. The molecular weight excluding hydrogens is 595 g/mol. The van der Waals surface area contributed by atoms with Gasteiger partial charge in [0.15, 0.2) is 0 Å². The van der Waals surface area contributed by atoms with Crippen LogP contribution in [-0.4, -0.2) is 75.7 Å². The summed E-state index contributed by atoms with van der Waals surface area (Å²) >= 11 is 1.22. The molecule has 2 saturated heterocycles. The van der Waals surface area contributed by atoms with E-state index >= 15 is 0 Å². The summed E-state index contributed by atoms with van der Waals surface area (Å²) in [5.41, 5.74) is -1.23. The number of halogens is 3. The SMILES string of the molecule is CC(C)NC(=O)N1C[C@H](c2csc(-c3cccc(C(F)(F)F)c3)n2)[C@@H]2[C@H]1CCN2C(=O)[C@@H](NC(=O)OC(C)(C)C)C(C)(C)C. The molecule has 0 saturated carbocycles. The molecule has 2 fully saturated rings. The third-order valence-electron chi connectivity index (χ3n) is 7.69. The van der Waals surface area contributed by atoms with Crippen molar-refractivity contribution in [1.29, 1.82) is 0 Å². The van der Waals surface area contributed by atoms with Crippen molar-refractivity contribution >= 4 is 29.4 Å². The van der Waals surface area contributed by atoms with E-state index in [1.54, 1.807) is 42.0 Å². The first-order valence-corrected chi connectivity index (χ1v) is 15.6. The van der Waals surface area contributed by atoms with Gasteiger partial charge in [-0.25, -0.2) is 14.6 Å². The number of alkyl halides is 3. The van der Waals surface area contributed by atoms with E-state index in [1.807, 2.05) is 34.6 Å². The minimum atomic E-state index is -4.49. The van der Waals surface area contributed by atoms with Crippen LogP contribution in [-0.2, 0) is 15.7 Å². The zero-order valence-corrected chi connectivity index (χ0v) is 27.2. The third kappa shape index (κ3) is 7.47. The minimum absolute atomic E-state index is 0.103. The van der Waals surface area contributed by atoms with Gasteiger partial charge in [-0.2, -0.15) is 13.2 Å². The smallest absolute Gasteiger partial charge is 0.416 e. The number of carbonyl (C=O) groups excluding carboxylic acids is 3. The maximum absolute atomic E-state index is 14.2. The van der Waals surface area contributed by atoms with Crippen molar-refractivity contribution in [3.05, 3.63) is 40.9 Å². The number of aromatic nitrogens is 1. The lowest BCUT2D eigenvalue weighted by Crippen LogP contribution is -2.57. The Morgan fingerprint density at radius 3 is 2.32 bits per heavy atom. The van der Waals surface area contributed by atoms with Gasteiger partial charge in [-0.05, 0) is 58.6 Å². The molecule has 3 heterocycles. The normalized spacial score (nSPS) is 21.3. The van der Waals surface area contributed by atoms with Gasteiger partial charge >= 0.3 is 18.3 Å². The maximum atomic E-state index is 14.2. The molecule has 44 heavy (non-hydrogen) atoms. The maximum Gasteiger partial charge on any atom is 0.416 e. The highest BCUT2D eigenvalue weighted by atomic mass is 32.1. The largest absolute Gasteiger partial charge is 0.444 e. The lowest BCUT2D eigenvalue weighted by atomic mass is 9.85. The number of fused-ring (bicyclic) bond motifs is 1. The molecule has 4 rings (SSSR count). The van der Waals surface area contributed by atoms with Crippen LogP contribution in [0.5, 0.6) is 0 Å². The van der Waals surface area contributed by atoms with Gasteiger partial charge in [0.1, 0.15) is 16.7 Å². The van der Waals surface area contributed by atoms with Crippen LogP contribution in [0, 0.1) is 5.41 Å². The fraction of sp³-hybridized carbons (Fsp3) is 0.613. The van der Waals surface area contributed by atoms with Crippen LogP contribution in [0.4, 0.5) is 22.8 Å². The molecule has 2 aliphatic rings. The van der Waals surface area contributed by atoms with Gasteiger partial charge in [-0.1, -0.05) is 32.9 Å². The summed E-state index contributed by atoms with van der Waals surface area (Å²) < 4.78 is 45.6. The molecule has 2 aromatic rings. The fourth-order valence-electron chi connectivity index (χ4n) is 5.83. The first kappa shape index (κ1) is 33.5. The average Bonchev–Trinajstić information content (AvgIpc) is 3.60. The van der Waals surface area contributed by atoms with Crippen LogP contribution in [0.3, 0.4) is 0 Å². The number of alkyl carbamates (subject to hydrolysis) is 1. The average molecular weight is 638 g/mol. The van der Waals surface area contributed by atoms with E-state index < -0.39 is 40.9 Å². The number of hydrogen-bond acceptors (Lipinski definition) is 6. The molecule has 13 heteroatoms. The van der Waals surface area contributed by atoms with Gasteiger partial charge in [-0.3, -0.25) is 4.79 Å². The van der Waals surface area contributed by atoms with E-state index in [4.69, 9.17) is 9.72 Å². The molecule has 2 aliphatic heterocycles. The zero-order chi connectivity index (χ0) is 32.8. The monoisotopic (exact) mass is 637 g/mol. The Bertz CT molecular complexity index is 1380. The number of likely N-dealkylation sites (tertiary alicyclic amines) is 2. The summed E-state index contributed by atoms with van der Waals surface area (Å²) in [5.74, 6) is -0.678. The number of ether oxygens (including phenoxy) is 1. The van der Waals surface area contributed by atoms with Gasteiger partial charge in [-0.15, -0.1) is 11.3 Å². The number of hydrogen-bond donors (Lipinski definition) is 2. The second-order valence-electron chi connectivity index (χ2n) is 13.8. The first-order chi connectivity index (χ1) is 20.3. The Hall–Kier alpha value is -3.35. The van der Waals surface area contributed by atoms with Crippen molar-refractivity contribution in [2.45, 2.75) is 104 Å². The predicted octanol–water partition coefficient (Wildman–Crippen LogP) is 6.26. The minimum Gasteiger partial charge on any atom is -0.444 e. The van der Waals surface area contributed by atoms with Crippen LogP contribution in [0.25, 0.3) is 10.6 Å². The standard InChI is InChI=1S/C31H42F3N5O4S/c1-17(2)35-27(41)39-15-20(21-16-44-25(36-21)18-10-9-11-19(14-18)31(32,33)34)23-22(39)12-13-38(23)26(40)24(29(3,4)5)37-28(42)43-30(6,7)8/h9-11,14,16-17,20,22-24H,12-13,15H2,1-8H3,(H,35,41)(H,37,42)/t20-,22-,23-,24-/m1/s1. The first-order valence-electron chi connectivity index (χ1n) is 14.8. The third-order valence-corrected chi connectivity index (χ3v) is 8.60. The fourth-order valence-corrected chi connectivity index (χ4v) is 6.71. The van der Waals surface area contributed by atoms with Crippen LogP contribution < -0.4 is 10.6 Å². The summed E-state index contributed by atoms with van der Waals surface area (Å²) in [4.78, 5) is 48.5. The predicted molar refractivity (Wildman–Crippen MR) is 162 cm³/mol. The highest BCUT2D eigenvalue weighted by molar-refractivity contribution is 7.13. The van der Waals surface area contributed by atoms with Crippen molar-refractivity contribution < 1.29 is 32.3 Å². The summed E-state index contributed by atoms with van der Waals surface area (Å²) in [6, 6.07) is 3.02. The second-order valence-corrected chi connectivity index (χ2v) is 14.7. The number of urea groups is 1. The van der Waals surface area contributed by atoms with Crippen molar-refractivity contribution in [2.24, 2.45) is 5.41 Å². The van der Waals surface area contributed by atoms with Gasteiger partial charge in [0.05, 0.1) is 23.3 Å². The van der Waals surface area contributed by atoms with E-state index in [-0.39, 0.29) is 36.5 Å². The van der Waals surface area contributed by atoms with Crippen LogP contribution in [0.2, 0.25) is 0 Å². The van der Waals surface area contributed by atoms with Crippen molar-refractivity contribution in [1.82, 2.24) is 25.4 Å². The molecule has 0 unspecified atom stereocenters. The Morgan fingerprint density at radius 1 is 1.05 bits per heavy atom. The van der Waals surface area contributed by atoms with Gasteiger partial charge < -0.3 is 25.2 Å². The second kappa shape index (κ2) is 12.2. The highest BCUT2D eigenvalue weighted by Gasteiger charge is 2.54. The lowest BCUT2D eigenvalue weighted by Gasteiger charge is -2.37. The summed E-state index contributed by atoms with van der Waals surface area (Å²) in [6.07, 6.45) is -4.65. The molecule has 9 nitrogen and oxygen atoms in total. The van der Waals surface area contributed by atoms with Crippen molar-refractivity contribution in [3.63, 3.8) is 0 Å². The van der Waals surface area contributed by atoms with E-state index in [2.05, 4.69) is 10.6 Å². The highest BCUT2D eigenvalue weighted by Crippen LogP contribution is 2.43. The van der Waals surface area contributed by atoms with E-state index in [0.717, 1.165) is 12.1 Å². The van der Waals surface area contributed by atoms with Crippen molar-refractivity contribution in [2.75, 3.05) is 13.1 Å². The molecule has 4 atom stereocenters. The number of rotatable bonds is 5. The number of nitrogens with zero attached hydrogens (tertiary/aromatic N) is 3. The zero-order valence-electron chi connectivity index (χ0n) is 26.4. The molecule has 2 N–H and O–H groups in total.